The predicted octanol–water partition coefficient (Wildman–Crippen LogP) is 2.78. The van der Waals surface area contributed by atoms with Crippen molar-refractivity contribution >= 4 is 23.5 Å². The third kappa shape index (κ3) is 6.47. The Morgan fingerprint density at radius 3 is 2.95 bits per heavy atom. The summed E-state index contributed by atoms with van der Waals surface area (Å²) in [6.45, 7) is 3.54. The fraction of sp³-hybridized carbons (Fsp3) is 0.571. The van der Waals surface area contributed by atoms with E-state index in [0.717, 1.165) is 25.3 Å². The highest BCUT2D eigenvalue weighted by Crippen LogP contribution is 2.06. The van der Waals surface area contributed by atoms with E-state index in [-0.39, 0.29) is 5.91 Å². The molecule has 1 heterocycles. The zero-order valence-electron chi connectivity index (χ0n) is 11.7. The van der Waals surface area contributed by atoms with Crippen LogP contribution in [0.5, 0.6) is 0 Å². The van der Waals surface area contributed by atoms with E-state index in [1.165, 1.54) is 18.6 Å². The monoisotopic (exact) mass is 281 g/mol. The number of carbonyl (C=O) groups excluding carboxylic acids is 1. The second-order valence-corrected chi connectivity index (χ2v) is 5.26. The van der Waals surface area contributed by atoms with Crippen molar-refractivity contribution in [1.82, 2.24) is 10.3 Å². The van der Waals surface area contributed by atoms with Crippen LogP contribution < -0.4 is 10.6 Å². The number of rotatable bonds is 9. The summed E-state index contributed by atoms with van der Waals surface area (Å²) >= 11 is 1.87. The van der Waals surface area contributed by atoms with Crippen molar-refractivity contribution in [2.75, 3.05) is 30.4 Å². The maximum atomic E-state index is 11.9. The van der Waals surface area contributed by atoms with Gasteiger partial charge in [0.2, 0.25) is 0 Å². The van der Waals surface area contributed by atoms with Crippen LogP contribution in [-0.4, -0.2) is 36.0 Å². The Labute approximate surface area is 119 Å². The zero-order valence-corrected chi connectivity index (χ0v) is 12.6. The van der Waals surface area contributed by atoms with Gasteiger partial charge in [0.15, 0.2) is 0 Å². The summed E-state index contributed by atoms with van der Waals surface area (Å²) in [7, 11) is 0. The van der Waals surface area contributed by atoms with Crippen molar-refractivity contribution < 1.29 is 4.79 Å². The van der Waals surface area contributed by atoms with Gasteiger partial charge >= 0.3 is 0 Å². The number of hydrogen-bond donors (Lipinski definition) is 2. The third-order valence-electron chi connectivity index (χ3n) is 2.69. The molecule has 106 valence electrons. The summed E-state index contributed by atoms with van der Waals surface area (Å²) in [5.41, 5.74) is 0.662. The molecule has 0 unspecified atom stereocenters. The summed E-state index contributed by atoms with van der Waals surface area (Å²) in [5.74, 6) is 1.92. The molecule has 4 nitrogen and oxygen atoms in total. The lowest BCUT2D eigenvalue weighted by atomic mass is 10.2. The van der Waals surface area contributed by atoms with Gasteiger partial charge in [-0.05, 0) is 43.9 Å². The molecule has 0 bridgehead atoms. The number of carbonyl (C=O) groups is 1. The van der Waals surface area contributed by atoms with Gasteiger partial charge in [-0.25, -0.2) is 4.98 Å². The standard InChI is InChI=1S/C14H23N3OS/c1-3-15-13-11-12(7-9-16-13)14(18)17-8-5-4-6-10-19-2/h7,9,11H,3-6,8,10H2,1-2H3,(H,15,16)(H,17,18). The molecule has 0 aliphatic carbocycles. The van der Waals surface area contributed by atoms with E-state index in [2.05, 4.69) is 21.9 Å². The van der Waals surface area contributed by atoms with Gasteiger partial charge in [0.1, 0.15) is 5.82 Å². The fourth-order valence-corrected chi connectivity index (χ4v) is 2.19. The molecular weight excluding hydrogens is 258 g/mol. The van der Waals surface area contributed by atoms with Gasteiger partial charge in [-0.15, -0.1) is 0 Å². The second-order valence-electron chi connectivity index (χ2n) is 4.27. The van der Waals surface area contributed by atoms with E-state index in [9.17, 15) is 4.79 Å². The lowest BCUT2D eigenvalue weighted by Crippen LogP contribution is -2.24. The fourth-order valence-electron chi connectivity index (χ4n) is 1.70. The largest absolute Gasteiger partial charge is 0.370 e. The maximum absolute atomic E-state index is 11.9. The Morgan fingerprint density at radius 2 is 2.21 bits per heavy atom. The highest BCUT2D eigenvalue weighted by molar-refractivity contribution is 7.98. The Hall–Kier alpha value is -1.23. The number of nitrogens with one attached hydrogen (secondary N) is 2. The van der Waals surface area contributed by atoms with E-state index in [1.807, 2.05) is 18.7 Å². The molecule has 0 saturated carbocycles. The molecule has 1 amide bonds. The van der Waals surface area contributed by atoms with Gasteiger partial charge in [0.25, 0.3) is 5.91 Å². The maximum Gasteiger partial charge on any atom is 0.251 e. The van der Waals surface area contributed by atoms with Crippen LogP contribution in [-0.2, 0) is 0 Å². The van der Waals surface area contributed by atoms with Gasteiger partial charge in [-0.3, -0.25) is 4.79 Å². The van der Waals surface area contributed by atoms with Gasteiger partial charge in [-0.1, -0.05) is 6.42 Å². The molecule has 0 saturated heterocycles. The third-order valence-corrected chi connectivity index (χ3v) is 3.39. The number of unbranched alkanes of at least 4 members (excludes halogenated alkanes) is 2. The first-order valence-corrected chi connectivity index (χ1v) is 8.14. The molecule has 0 aromatic carbocycles. The minimum atomic E-state index is -0.0218. The summed E-state index contributed by atoms with van der Waals surface area (Å²) in [5, 5.41) is 6.04. The normalized spacial score (nSPS) is 10.2. The summed E-state index contributed by atoms with van der Waals surface area (Å²) < 4.78 is 0. The van der Waals surface area contributed by atoms with E-state index in [1.54, 1.807) is 18.3 Å². The Morgan fingerprint density at radius 1 is 1.37 bits per heavy atom. The molecule has 0 fully saturated rings. The lowest BCUT2D eigenvalue weighted by molar-refractivity contribution is 0.0953. The Balaban J connectivity index is 2.30. The first-order chi connectivity index (χ1) is 9.27. The predicted molar refractivity (Wildman–Crippen MR) is 83.0 cm³/mol. The van der Waals surface area contributed by atoms with Crippen molar-refractivity contribution in [3.8, 4) is 0 Å². The minimum Gasteiger partial charge on any atom is -0.370 e. The molecule has 0 aliphatic rings. The van der Waals surface area contributed by atoms with Crippen LogP contribution in [0.25, 0.3) is 0 Å². The summed E-state index contributed by atoms with van der Waals surface area (Å²) in [4.78, 5) is 16.1. The number of pyridine rings is 1. The molecule has 5 heteroatoms. The lowest BCUT2D eigenvalue weighted by Gasteiger charge is -2.07. The van der Waals surface area contributed by atoms with Crippen LogP contribution in [0.4, 0.5) is 5.82 Å². The second kappa shape index (κ2) is 9.67. The highest BCUT2D eigenvalue weighted by atomic mass is 32.2. The van der Waals surface area contributed by atoms with E-state index in [4.69, 9.17) is 0 Å². The molecule has 0 atom stereocenters. The molecule has 0 aliphatic heterocycles. The molecule has 0 spiro atoms. The molecule has 1 rings (SSSR count). The molecule has 2 N–H and O–H groups in total. The Kier molecular flexibility index (Phi) is 8.05. The molecule has 1 aromatic rings. The summed E-state index contributed by atoms with van der Waals surface area (Å²) in [6, 6.07) is 3.52. The molecule has 1 aromatic heterocycles. The van der Waals surface area contributed by atoms with Crippen molar-refractivity contribution in [2.45, 2.75) is 26.2 Å². The van der Waals surface area contributed by atoms with Crippen molar-refractivity contribution in [2.24, 2.45) is 0 Å². The number of anilines is 1. The van der Waals surface area contributed by atoms with Crippen LogP contribution >= 0.6 is 11.8 Å². The topological polar surface area (TPSA) is 54.0 Å². The first kappa shape index (κ1) is 15.8. The number of amides is 1. The molecule has 19 heavy (non-hydrogen) atoms. The van der Waals surface area contributed by atoms with Gasteiger partial charge < -0.3 is 10.6 Å². The van der Waals surface area contributed by atoms with Crippen LogP contribution in [0.1, 0.15) is 36.5 Å². The molecule has 0 radical (unpaired) electrons. The van der Waals surface area contributed by atoms with Crippen LogP contribution in [0.15, 0.2) is 18.3 Å². The number of thioether (sulfide) groups is 1. The zero-order chi connectivity index (χ0) is 13.9. The average Bonchev–Trinajstić information content (AvgIpc) is 2.43. The quantitative estimate of drug-likeness (QED) is 0.683. The van der Waals surface area contributed by atoms with Crippen LogP contribution in [0, 0.1) is 0 Å². The highest BCUT2D eigenvalue weighted by Gasteiger charge is 2.05. The van der Waals surface area contributed by atoms with Gasteiger partial charge in [0, 0.05) is 24.8 Å². The molecular formula is C14H23N3OS. The smallest absolute Gasteiger partial charge is 0.251 e. The van der Waals surface area contributed by atoms with Crippen molar-refractivity contribution in [3.63, 3.8) is 0 Å². The van der Waals surface area contributed by atoms with Crippen LogP contribution in [0.2, 0.25) is 0 Å². The van der Waals surface area contributed by atoms with Gasteiger partial charge in [0.05, 0.1) is 0 Å². The van der Waals surface area contributed by atoms with Gasteiger partial charge in [-0.2, -0.15) is 11.8 Å². The van der Waals surface area contributed by atoms with Crippen molar-refractivity contribution in [3.05, 3.63) is 23.9 Å². The van der Waals surface area contributed by atoms with E-state index >= 15 is 0 Å². The van der Waals surface area contributed by atoms with E-state index < -0.39 is 0 Å². The van der Waals surface area contributed by atoms with E-state index in [0.29, 0.717) is 5.56 Å². The van der Waals surface area contributed by atoms with Crippen LogP contribution in [0.3, 0.4) is 0 Å². The van der Waals surface area contributed by atoms with Crippen molar-refractivity contribution in [1.29, 1.82) is 0 Å². The number of hydrogen-bond acceptors (Lipinski definition) is 4. The number of aromatic nitrogens is 1. The Bertz CT molecular complexity index is 385. The SMILES string of the molecule is CCNc1cc(C(=O)NCCCCCSC)ccn1. The summed E-state index contributed by atoms with van der Waals surface area (Å²) in [6.07, 6.45) is 7.20. The average molecular weight is 281 g/mol. The first-order valence-electron chi connectivity index (χ1n) is 6.75. The number of nitrogens with zero attached hydrogens (tertiary/aromatic N) is 1. The minimum absolute atomic E-state index is 0.0218.